The molecule has 0 heterocycles. The fraction of sp³-hybridized carbons (Fsp3) is 0.0714. The molecule has 92 valence electrons. The van der Waals surface area contributed by atoms with E-state index in [9.17, 15) is 13.6 Å². The number of carbonyl (C=O) groups is 1. The Balaban J connectivity index is 2.45. The Morgan fingerprint density at radius 2 is 1.72 bits per heavy atom. The number of hydrogen-bond donors (Lipinski definition) is 1. The van der Waals surface area contributed by atoms with Crippen LogP contribution in [0.1, 0.15) is 5.56 Å². The van der Waals surface area contributed by atoms with Gasteiger partial charge in [0.2, 0.25) is 0 Å². The van der Waals surface area contributed by atoms with Crippen LogP contribution in [0.3, 0.4) is 0 Å². The molecule has 0 aliphatic carbocycles. The molecule has 0 atom stereocenters. The highest BCUT2D eigenvalue weighted by Gasteiger charge is 2.12. The fourth-order valence-corrected chi connectivity index (χ4v) is 1.73. The second kappa shape index (κ2) is 4.96. The molecule has 0 amide bonds. The zero-order chi connectivity index (χ0) is 13.1. The Morgan fingerprint density at radius 3 is 2.33 bits per heavy atom. The van der Waals surface area contributed by atoms with Crippen molar-refractivity contribution in [2.75, 3.05) is 0 Å². The standard InChI is InChI=1S/C14H10F2O2/c15-11-6-4-9(5-7-11)12-3-1-2-10(14(12)16)8-13(17)18/h1-7H,8H2,(H,17,18). The van der Waals surface area contributed by atoms with E-state index in [0.29, 0.717) is 5.56 Å². The minimum absolute atomic E-state index is 0.115. The van der Waals surface area contributed by atoms with E-state index < -0.39 is 17.6 Å². The number of rotatable bonds is 3. The molecule has 18 heavy (non-hydrogen) atoms. The molecular formula is C14H10F2O2. The normalized spacial score (nSPS) is 10.3. The lowest BCUT2D eigenvalue weighted by Gasteiger charge is -2.07. The number of carboxylic acid groups (broad SMARTS) is 1. The molecule has 0 spiro atoms. The first-order chi connectivity index (χ1) is 8.58. The summed E-state index contributed by atoms with van der Waals surface area (Å²) in [5.41, 5.74) is 0.902. The highest BCUT2D eigenvalue weighted by atomic mass is 19.1. The SMILES string of the molecule is O=C(O)Cc1cccc(-c2ccc(F)cc2)c1F. The van der Waals surface area contributed by atoms with Crippen molar-refractivity contribution in [3.8, 4) is 11.1 Å². The molecule has 2 rings (SSSR count). The first kappa shape index (κ1) is 12.2. The van der Waals surface area contributed by atoms with Gasteiger partial charge in [0.05, 0.1) is 6.42 Å². The second-order valence-electron chi connectivity index (χ2n) is 3.86. The molecule has 2 aromatic carbocycles. The summed E-state index contributed by atoms with van der Waals surface area (Å²) in [5, 5.41) is 8.67. The van der Waals surface area contributed by atoms with Gasteiger partial charge in [0.25, 0.3) is 0 Å². The van der Waals surface area contributed by atoms with Crippen molar-refractivity contribution in [2.24, 2.45) is 0 Å². The lowest BCUT2D eigenvalue weighted by Crippen LogP contribution is -2.03. The number of carboxylic acids is 1. The van der Waals surface area contributed by atoms with Crippen LogP contribution < -0.4 is 0 Å². The predicted molar refractivity (Wildman–Crippen MR) is 63.1 cm³/mol. The van der Waals surface area contributed by atoms with Crippen LogP contribution in [-0.2, 0) is 11.2 Å². The monoisotopic (exact) mass is 248 g/mol. The molecule has 2 nitrogen and oxygen atoms in total. The van der Waals surface area contributed by atoms with E-state index in [0.717, 1.165) is 0 Å². The van der Waals surface area contributed by atoms with Crippen LogP contribution in [0.2, 0.25) is 0 Å². The maximum absolute atomic E-state index is 14.1. The van der Waals surface area contributed by atoms with Gasteiger partial charge < -0.3 is 5.11 Å². The Kier molecular flexibility index (Phi) is 3.37. The van der Waals surface area contributed by atoms with Crippen LogP contribution in [0.15, 0.2) is 42.5 Å². The summed E-state index contributed by atoms with van der Waals surface area (Å²) in [5.74, 6) is -2.07. The fourth-order valence-electron chi connectivity index (χ4n) is 1.73. The van der Waals surface area contributed by atoms with Gasteiger partial charge in [-0.25, -0.2) is 8.78 Å². The van der Waals surface area contributed by atoms with E-state index in [-0.39, 0.29) is 17.5 Å². The van der Waals surface area contributed by atoms with E-state index in [4.69, 9.17) is 5.11 Å². The van der Waals surface area contributed by atoms with Gasteiger partial charge in [-0.1, -0.05) is 30.3 Å². The van der Waals surface area contributed by atoms with Crippen molar-refractivity contribution in [3.05, 3.63) is 59.7 Å². The molecule has 0 fully saturated rings. The maximum Gasteiger partial charge on any atom is 0.307 e. The zero-order valence-electron chi connectivity index (χ0n) is 9.36. The maximum atomic E-state index is 14.1. The Labute approximate surface area is 103 Å². The Hall–Kier alpha value is -2.23. The molecule has 0 aromatic heterocycles. The average Bonchev–Trinajstić information content (AvgIpc) is 2.33. The molecule has 0 aliphatic rings. The highest BCUT2D eigenvalue weighted by Crippen LogP contribution is 2.25. The zero-order valence-corrected chi connectivity index (χ0v) is 9.36. The molecule has 0 unspecified atom stereocenters. The van der Waals surface area contributed by atoms with Crippen molar-refractivity contribution < 1.29 is 18.7 Å². The molecular weight excluding hydrogens is 238 g/mol. The quantitative estimate of drug-likeness (QED) is 0.905. The van der Waals surface area contributed by atoms with E-state index in [1.54, 1.807) is 6.07 Å². The second-order valence-corrected chi connectivity index (χ2v) is 3.86. The lowest BCUT2D eigenvalue weighted by atomic mass is 10.0. The Morgan fingerprint density at radius 1 is 1.06 bits per heavy atom. The first-order valence-corrected chi connectivity index (χ1v) is 5.33. The summed E-state index contributed by atoms with van der Waals surface area (Å²) in [7, 11) is 0. The van der Waals surface area contributed by atoms with Crippen molar-refractivity contribution in [3.63, 3.8) is 0 Å². The van der Waals surface area contributed by atoms with Gasteiger partial charge in [-0.15, -0.1) is 0 Å². The minimum Gasteiger partial charge on any atom is -0.481 e. The number of halogens is 2. The molecule has 1 N–H and O–H groups in total. The van der Waals surface area contributed by atoms with Crippen molar-refractivity contribution >= 4 is 5.97 Å². The average molecular weight is 248 g/mol. The number of benzene rings is 2. The lowest BCUT2D eigenvalue weighted by molar-refractivity contribution is -0.136. The predicted octanol–water partition coefficient (Wildman–Crippen LogP) is 3.26. The van der Waals surface area contributed by atoms with E-state index in [1.165, 1.54) is 36.4 Å². The molecule has 0 radical (unpaired) electrons. The summed E-state index contributed by atoms with van der Waals surface area (Å²) in [6.07, 6.45) is -0.374. The molecule has 0 aliphatic heterocycles. The van der Waals surface area contributed by atoms with Crippen LogP contribution in [0.25, 0.3) is 11.1 Å². The van der Waals surface area contributed by atoms with E-state index in [1.807, 2.05) is 0 Å². The topological polar surface area (TPSA) is 37.3 Å². The van der Waals surface area contributed by atoms with E-state index in [2.05, 4.69) is 0 Å². The van der Waals surface area contributed by atoms with Crippen LogP contribution in [-0.4, -0.2) is 11.1 Å². The van der Waals surface area contributed by atoms with Crippen molar-refractivity contribution in [2.45, 2.75) is 6.42 Å². The molecule has 0 saturated carbocycles. The van der Waals surface area contributed by atoms with Crippen LogP contribution in [0.4, 0.5) is 8.78 Å². The van der Waals surface area contributed by atoms with Crippen LogP contribution >= 0.6 is 0 Å². The van der Waals surface area contributed by atoms with Gasteiger partial charge in [0.1, 0.15) is 11.6 Å². The van der Waals surface area contributed by atoms with Gasteiger partial charge in [-0.3, -0.25) is 4.79 Å². The third kappa shape index (κ3) is 2.53. The van der Waals surface area contributed by atoms with Gasteiger partial charge in [0.15, 0.2) is 0 Å². The third-order valence-electron chi connectivity index (χ3n) is 2.58. The van der Waals surface area contributed by atoms with Gasteiger partial charge in [0, 0.05) is 5.56 Å². The summed E-state index contributed by atoms with van der Waals surface area (Å²) < 4.78 is 26.8. The van der Waals surface area contributed by atoms with Crippen molar-refractivity contribution in [1.82, 2.24) is 0 Å². The van der Waals surface area contributed by atoms with E-state index >= 15 is 0 Å². The number of hydrogen-bond acceptors (Lipinski definition) is 1. The third-order valence-corrected chi connectivity index (χ3v) is 2.58. The summed E-state index contributed by atoms with van der Waals surface area (Å²) >= 11 is 0. The summed E-state index contributed by atoms with van der Waals surface area (Å²) in [6, 6.07) is 9.93. The van der Waals surface area contributed by atoms with Gasteiger partial charge >= 0.3 is 5.97 Å². The molecule has 0 bridgehead atoms. The summed E-state index contributed by atoms with van der Waals surface area (Å²) in [4.78, 5) is 10.6. The summed E-state index contributed by atoms with van der Waals surface area (Å²) in [6.45, 7) is 0. The molecule has 0 saturated heterocycles. The minimum atomic E-state index is -1.09. The smallest absolute Gasteiger partial charge is 0.307 e. The highest BCUT2D eigenvalue weighted by molar-refractivity contribution is 5.72. The van der Waals surface area contributed by atoms with Gasteiger partial charge in [-0.05, 0) is 23.3 Å². The first-order valence-electron chi connectivity index (χ1n) is 5.33. The number of aliphatic carboxylic acids is 1. The molecule has 4 heteroatoms. The van der Waals surface area contributed by atoms with Crippen LogP contribution in [0, 0.1) is 11.6 Å². The van der Waals surface area contributed by atoms with Gasteiger partial charge in [-0.2, -0.15) is 0 Å². The van der Waals surface area contributed by atoms with Crippen LogP contribution in [0.5, 0.6) is 0 Å². The Bertz CT molecular complexity index is 577. The molecule has 2 aromatic rings. The van der Waals surface area contributed by atoms with Crippen molar-refractivity contribution in [1.29, 1.82) is 0 Å². The largest absolute Gasteiger partial charge is 0.481 e.